The highest BCUT2D eigenvalue weighted by Crippen LogP contribution is 2.35. The minimum absolute atomic E-state index is 0.0213. The Kier molecular flexibility index (Phi) is 6.38. The van der Waals surface area contributed by atoms with Crippen molar-refractivity contribution in [3.8, 4) is 11.1 Å². The fraction of sp³-hybridized carbons (Fsp3) is 0.0741. The molecule has 3 N–H and O–H groups in total. The molecule has 1 atom stereocenters. The van der Waals surface area contributed by atoms with Crippen LogP contribution in [0.4, 0.5) is 19.3 Å². The molecule has 0 fully saturated rings. The molecule has 0 aliphatic carbocycles. The van der Waals surface area contributed by atoms with Crippen LogP contribution in [0, 0.1) is 11.6 Å². The van der Waals surface area contributed by atoms with Gasteiger partial charge in [0, 0.05) is 46.9 Å². The number of halogens is 2. The maximum Gasteiger partial charge on any atom is 0.412 e. The average Bonchev–Trinajstić information content (AvgIpc) is 3.34. The quantitative estimate of drug-likeness (QED) is 0.285. The Hall–Kier alpha value is -4.63. The predicted molar refractivity (Wildman–Crippen MR) is 130 cm³/mol. The van der Waals surface area contributed by atoms with Crippen LogP contribution >= 0.6 is 0 Å². The first-order valence-corrected chi connectivity index (χ1v) is 11.0. The number of ether oxygens (including phenoxy) is 1. The smallest absolute Gasteiger partial charge is 0.412 e. The monoisotopic (exact) mass is 486 g/mol. The number of nitrogens with zero attached hydrogens (tertiary/aromatic N) is 2. The molecule has 2 aromatic carbocycles. The van der Waals surface area contributed by atoms with Crippen molar-refractivity contribution in [1.29, 1.82) is 0 Å². The molecule has 3 heterocycles. The molecule has 0 aliphatic heterocycles. The lowest BCUT2D eigenvalue weighted by molar-refractivity contribution is 0.155. The molecule has 9 heteroatoms. The zero-order valence-electron chi connectivity index (χ0n) is 18.8. The molecule has 1 amide bonds. The van der Waals surface area contributed by atoms with E-state index in [9.17, 15) is 14.3 Å². The Balaban J connectivity index is 1.42. The van der Waals surface area contributed by atoms with Gasteiger partial charge < -0.3 is 14.8 Å². The van der Waals surface area contributed by atoms with E-state index in [-0.39, 0.29) is 17.9 Å². The number of aromatic amines is 1. The molecule has 180 valence electrons. The summed E-state index contributed by atoms with van der Waals surface area (Å²) in [5.74, 6) is -2.07. The summed E-state index contributed by atoms with van der Waals surface area (Å²) in [6.45, 7) is -0.0213. The minimum Gasteiger partial charge on any atom is -0.444 e. The van der Waals surface area contributed by atoms with E-state index >= 15 is 4.39 Å². The van der Waals surface area contributed by atoms with Gasteiger partial charge in [-0.15, -0.1) is 0 Å². The number of fused-ring (bicyclic) bond motifs is 1. The number of aliphatic hydroxyl groups is 1. The number of benzene rings is 2. The molecule has 5 aromatic rings. The largest absolute Gasteiger partial charge is 0.444 e. The van der Waals surface area contributed by atoms with Crippen molar-refractivity contribution in [2.24, 2.45) is 0 Å². The maximum atomic E-state index is 15.3. The van der Waals surface area contributed by atoms with E-state index in [1.807, 2.05) is 12.1 Å². The number of aliphatic hydroxyl groups excluding tert-OH is 1. The summed E-state index contributed by atoms with van der Waals surface area (Å²) in [6.07, 6.45) is 3.80. The number of rotatable bonds is 6. The van der Waals surface area contributed by atoms with Crippen molar-refractivity contribution >= 4 is 22.8 Å². The highest BCUT2D eigenvalue weighted by Gasteiger charge is 2.26. The van der Waals surface area contributed by atoms with Crippen molar-refractivity contribution in [3.05, 3.63) is 114 Å². The predicted octanol–water partition coefficient (Wildman–Crippen LogP) is 5.73. The Morgan fingerprint density at radius 3 is 2.67 bits per heavy atom. The Morgan fingerprint density at radius 1 is 1.06 bits per heavy atom. The molecule has 5 rings (SSSR count). The Labute approximate surface area is 204 Å². The number of nitrogens with one attached hydrogen (secondary N) is 2. The molecule has 0 bridgehead atoms. The summed E-state index contributed by atoms with van der Waals surface area (Å²) in [4.78, 5) is 23.6. The van der Waals surface area contributed by atoms with Gasteiger partial charge in [0.05, 0.1) is 11.3 Å². The third kappa shape index (κ3) is 4.64. The van der Waals surface area contributed by atoms with Crippen molar-refractivity contribution in [2.45, 2.75) is 12.7 Å². The summed E-state index contributed by atoms with van der Waals surface area (Å²) in [5.41, 5.74) is 2.01. The molecule has 36 heavy (non-hydrogen) atoms. The van der Waals surface area contributed by atoms with Crippen LogP contribution in [0.1, 0.15) is 22.8 Å². The molecule has 7 nitrogen and oxygen atoms in total. The van der Waals surface area contributed by atoms with Crippen LogP contribution in [0.25, 0.3) is 22.2 Å². The number of carbonyl (C=O) groups is 1. The molecule has 3 aromatic heterocycles. The van der Waals surface area contributed by atoms with Crippen LogP contribution in [0.3, 0.4) is 0 Å². The summed E-state index contributed by atoms with van der Waals surface area (Å²) < 4.78 is 35.2. The zero-order chi connectivity index (χ0) is 25.1. The molecule has 1 unspecified atom stereocenters. The van der Waals surface area contributed by atoms with E-state index in [0.717, 1.165) is 28.8 Å². The van der Waals surface area contributed by atoms with Gasteiger partial charge in [0.1, 0.15) is 24.2 Å². The number of hydrogen-bond acceptors (Lipinski definition) is 5. The lowest BCUT2D eigenvalue weighted by Crippen LogP contribution is -2.16. The summed E-state index contributed by atoms with van der Waals surface area (Å²) in [7, 11) is 0. The van der Waals surface area contributed by atoms with E-state index in [1.165, 1.54) is 6.20 Å². The number of aromatic nitrogens is 3. The van der Waals surface area contributed by atoms with E-state index in [4.69, 9.17) is 4.74 Å². The van der Waals surface area contributed by atoms with E-state index in [2.05, 4.69) is 20.3 Å². The van der Waals surface area contributed by atoms with Gasteiger partial charge in [0.2, 0.25) is 0 Å². The van der Waals surface area contributed by atoms with Crippen LogP contribution in [0.2, 0.25) is 0 Å². The highest BCUT2D eigenvalue weighted by atomic mass is 19.1. The van der Waals surface area contributed by atoms with Gasteiger partial charge in [-0.3, -0.25) is 10.3 Å². The van der Waals surface area contributed by atoms with E-state index < -0.39 is 29.4 Å². The zero-order valence-corrected chi connectivity index (χ0v) is 18.8. The highest BCUT2D eigenvalue weighted by molar-refractivity contribution is 5.86. The SMILES string of the molecule is O=C(Nc1ccc(F)c(C(O)c2c[nH]c3ncc(-c4cccnc4)cc23)c1F)OCc1ccccc1. The van der Waals surface area contributed by atoms with Gasteiger partial charge in [0.25, 0.3) is 0 Å². The third-order valence-electron chi connectivity index (χ3n) is 5.70. The number of anilines is 1. The molecule has 0 saturated carbocycles. The summed E-state index contributed by atoms with van der Waals surface area (Å²) >= 11 is 0. The van der Waals surface area contributed by atoms with Crippen LogP contribution in [0.5, 0.6) is 0 Å². The summed E-state index contributed by atoms with van der Waals surface area (Å²) in [6, 6.07) is 16.4. The second-order valence-electron chi connectivity index (χ2n) is 8.02. The topological polar surface area (TPSA) is 100 Å². The first kappa shape index (κ1) is 23.1. The van der Waals surface area contributed by atoms with E-state index in [1.54, 1.807) is 55.0 Å². The van der Waals surface area contributed by atoms with Crippen LogP contribution < -0.4 is 5.32 Å². The summed E-state index contributed by atoms with van der Waals surface area (Å²) in [5, 5.41) is 13.8. The molecular weight excluding hydrogens is 466 g/mol. The number of carbonyl (C=O) groups excluding carboxylic acids is 1. The van der Waals surface area contributed by atoms with Gasteiger partial charge in [0.15, 0.2) is 5.82 Å². The third-order valence-corrected chi connectivity index (χ3v) is 5.70. The second-order valence-corrected chi connectivity index (χ2v) is 8.02. The molecular formula is C27H20F2N4O3. The van der Waals surface area contributed by atoms with Crippen molar-refractivity contribution in [3.63, 3.8) is 0 Å². The standard InChI is InChI=1S/C27H20F2N4O3/c28-21-8-9-22(33-27(35)36-15-16-5-2-1-3-6-16)24(29)23(21)25(34)20-14-32-26-19(20)11-18(13-31-26)17-7-4-10-30-12-17/h1-14,25,34H,15H2,(H,31,32)(H,33,35). The first-order valence-electron chi connectivity index (χ1n) is 11.0. The second kappa shape index (κ2) is 9.93. The first-order chi connectivity index (χ1) is 17.5. The van der Waals surface area contributed by atoms with Gasteiger partial charge >= 0.3 is 6.09 Å². The van der Waals surface area contributed by atoms with Gasteiger partial charge in [-0.05, 0) is 29.8 Å². The Bertz CT molecular complexity index is 1520. The van der Waals surface area contributed by atoms with Crippen molar-refractivity contribution in [1.82, 2.24) is 15.0 Å². The lowest BCUT2D eigenvalue weighted by Gasteiger charge is -2.16. The van der Waals surface area contributed by atoms with Gasteiger partial charge in [-0.1, -0.05) is 36.4 Å². The lowest BCUT2D eigenvalue weighted by atomic mass is 9.98. The van der Waals surface area contributed by atoms with Gasteiger partial charge in [-0.25, -0.2) is 18.6 Å². The fourth-order valence-corrected chi connectivity index (χ4v) is 3.88. The number of hydrogen-bond donors (Lipinski definition) is 3. The fourth-order valence-electron chi connectivity index (χ4n) is 3.88. The van der Waals surface area contributed by atoms with E-state index in [0.29, 0.717) is 11.0 Å². The van der Waals surface area contributed by atoms with Crippen molar-refractivity contribution < 1.29 is 23.4 Å². The number of pyridine rings is 2. The number of H-pyrrole nitrogens is 1. The van der Waals surface area contributed by atoms with Crippen LogP contribution in [0.15, 0.2) is 85.5 Å². The Morgan fingerprint density at radius 2 is 1.89 bits per heavy atom. The molecule has 0 spiro atoms. The maximum absolute atomic E-state index is 15.3. The molecule has 0 aliphatic rings. The van der Waals surface area contributed by atoms with Crippen molar-refractivity contribution in [2.75, 3.05) is 5.32 Å². The van der Waals surface area contributed by atoms with Gasteiger partial charge in [-0.2, -0.15) is 0 Å². The normalized spacial score (nSPS) is 11.9. The number of amides is 1. The molecule has 0 radical (unpaired) electrons. The van der Waals surface area contributed by atoms with Crippen LogP contribution in [-0.4, -0.2) is 26.2 Å². The minimum atomic E-state index is -1.67. The average molecular weight is 486 g/mol. The molecule has 0 saturated heterocycles. The van der Waals surface area contributed by atoms with Crippen LogP contribution in [-0.2, 0) is 11.3 Å².